The Balaban J connectivity index is 2.61. The van der Waals surface area contributed by atoms with Crippen molar-refractivity contribution in [3.8, 4) is 5.69 Å². The standard InChI is InChI=1S/C13H13BrN2O2/c1-8-3-4-11(6-12(8)14)16-13(18)5-10(7-17)9(2)15-16/h3-6,17H,7H2,1-2H3. The zero-order valence-electron chi connectivity index (χ0n) is 10.1. The van der Waals surface area contributed by atoms with Gasteiger partial charge in [-0.05, 0) is 31.5 Å². The van der Waals surface area contributed by atoms with E-state index in [1.807, 2.05) is 25.1 Å². The van der Waals surface area contributed by atoms with Crippen molar-refractivity contribution in [2.45, 2.75) is 20.5 Å². The number of aliphatic hydroxyl groups excluding tert-OH is 1. The first-order chi connectivity index (χ1) is 8.52. The molecule has 0 radical (unpaired) electrons. The van der Waals surface area contributed by atoms with Gasteiger partial charge in [-0.3, -0.25) is 4.79 Å². The fourth-order valence-corrected chi connectivity index (χ4v) is 2.00. The number of aryl methyl sites for hydroxylation is 2. The Kier molecular flexibility index (Phi) is 3.63. The van der Waals surface area contributed by atoms with Crippen LogP contribution in [-0.2, 0) is 6.61 Å². The Morgan fingerprint density at radius 1 is 1.33 bits per heavy atom. The molecule has 0 saturated heterocycles. The third-order valence-corrected chi connectivity index (χ3v) is 3.65. The predicted molar refractivity (Wildman–Crippen MR) is 72.9 cm³/mol. The van der Waals surface area contributed by atoms with E-state index < -0.39 is 0 Å². The van der Waals surface area contributed by atoms with Gasteiger partial charge in [0, 0.05) is 16.1 Å². The molecule has 2 rings (SSSR count). The number of rotatable bonds is 2. The largest absolute Gasteiger partial charge is 0.392 e. The number of benzene rings is 1. The average molecular weight is 309 g/mol. The van der Waals surface area contributed by atoms with Crippen LogP contribution in [0.25, 0.3) is 5.69 Å². The molecule has 1 aromatic heterocycles. The van der Waals surface area contributed by atoms with Crippen LogP contribution in [-0.4, -0.2) is 14.9 Å². The molecule has 0 bridgehead atoms. The molecule has 18 heavy (non-hydrogen) atoms. The third kappa shape index (κ3) is 2.37. The summed E-state index contributed by atoms with van der Waals surface area (Å²) < 4.78 is 2.26. The van der Waals surface area contributed by atoms with E-state index in [-0.39, 0.29) is 12.2 Å². The molecule has 0 saturated carbocycles. The van der Waals surface area contributed by atoms with Crippen molar-refractivity contribution < 1.29 is 5.11 Å². The third-order valence-electron chi connectivity index (χ3n) is 2.79. The first-order valence-electron chi connectivity index (χ1n) is 5.50. The van der Waals surface area contributed by atoms with E-state index in [4.69, 9.17) is 5.11 Å². The lowest BCUT2D eigenvalue weighted by Gasteiger charge is -2.09. The van der Waals surface area contributed by atoms with Crippen molar-refractivity contribution >= 4 is 15.9 Å². The number of hydrogen-bond acceptors (Lipinski definition) is 3. The molecule has 94 valence electrons. The van der Waals surface area contributed by atoms with Crippen LogP contribution in [0.15, 0.2) is 33.5 Å². The highest BCUT2D eigenvalue weighted by Gasteiger charge is 2.07. The van der Waals surface area contributed by atoms with Crippen molar-refractivity contribution in [1.82, 2.24) is 9.78 Å². The minimum absolute atomic E-state index is 0.174. The summed E-state index contributed by atoms with van der Waals surface area (Å²) >= 11 is 3.43. The van der Waals surface area contributed by atoms with Gasteiger partial charge in [0.25, 0.3) is 5.56 Å². The lowest BCUT2D eigenvalue weighted by molar-refractivity contribution is 0.279. The Morgan fingerprint density at radius 2 is 2.06 bits per heavy atom. The van der Waals surface area contributed by atoms with Crippen LogP contribution in [0.4, 0.5) is 0 Å². The van der Waals surface area contributed by atoms with Gasteiger partial charge in [0.05, 0.1) is 18.0 Å². The van der Waals surface area contributed by atoms with Gasteiger partial charge in [-0.15, -0.1) is 0 Å². The lowest BCUT2D eigenvalue weighted by atomic mass is 10.2. The molecule has 4 nitrogen and oxygen atoms in total. The zero-order chi connectivity index (χ0) is 13.3. The van der Waals surface area contributed by atoms with Gasteiger partial charge in [0.1, 0.15) is 0 Å². The van der Waals surface area contributed by atoms with E-state index in [9.17, 15) is 4.79 Å². The van der Waals surface area contributed by atoms with Crippen LogP contribution in [0.5, 0.6) is 0 Å². The summed E-state index contributed by atoms with van der Waals surface area (Å²) in [6, 6.07) is 7.02. The van der Waals surface area contributed by atoms with Crippen molar-refractivity contribution in [3.05, 3.63) is 55.9 Å². The second-order valence-electron chi connectivity index (χ2n) is 4.10. The molecule has 0 fully saturated rings. The second-order valence-corrected chi connectivity index (χ2v) is 4.95. The number of aliphatic hydroxyl groups is 1. The summed E-state index contributed by atoms with van der Waals surface area (Å²) in [5.41, 5.74) is 2.75. The SMILES string of the molecule is Cc1ccc(-n2nc(C)c(CO)cc2=O)cc1Br. The van der Waals surface area contributed by atoms with Crippen molar-refractivity contribution in [1.29, 1.82) is 0 Å². The van der Waals surface area contributed by atoms with E-state index in [1.165, 1.54) is 10.7 Å². The molecule has 5 heteroatoms. The zero-order valence-corrected chi connectivity index (χ0v) is 11.7. The maximum atomic E-state index is 11.9. The molecular formula is C13H13BrN2O2. The quantitative estimate of drug-likeness (QED) is 0.924. The molecule has 1 aromatic carbocycles. The summed E-state index contributed by atoms with van der Waals surface area (Å²) in [5.74, 6) is 0. The molecule has 0 aliphatic heterocycles. The smallest absolute Gasteiger partial charge is 0.271 e. The first kappa shape index (κ1) is 13.0. The van der Waals surface area contributed by atoms with Crippen molar-refractivity contribution in [2.24, 2.45) is 0 Å². The van der Waals surface area contributed by atoms with E-state index in [2.05, 4.69) is 21.0 Å². The molecule has 1 heterocycles. The van der Waals surface area contributed by atoms with Crippen LogP contribution in [0, 0.1) is 13.8 Å². The topological polar surface area (TPSA) is 55.1 Å². The molecule has 1 N–H and O–H groups in total. The van der Waals surface area contributed by atoms with Gasteiger partial charge in [-0.2, -0.15) is 9.78 Å². The van der Waals surface area contributed by atoms with E-state index in [0.717, 1.165) is 10.0 Å². The molecule has 0 aliphatic rings. The van der Waals surface area contributed by atoms with Crippen molar-refractivity contribution in [2.75, 3.05) is 0 Å². The van der Waals surface area contributed by atoms with E-state index >= 15 is 0 Å². The number of nitrogens with zero attached hydrogens (tertiary/aromatic N) is 2. The summed E-state index contributed by atoms with van der Waals surface area (Å²) in [4.78, 5) is 11.9. The molecule has 0 spiro atoms. The van der Waals surface area contributed by atoms with Gasteiger partial charge in [-0.1, -0.05) is 22.0 Å². The molecule has 0 atom stereocenters. The molecular weight excluding hydrogens is 296 g/mol. The molecule has 2 aromatic rings. The Labute approximate surface area is 113 Å². The summed E-state index contributed by atoms with van der Waals surface area (Å²) in [6.45, 7) is 3.57. The fourth-order valence-electron chi connectivity index (χ4n) is 1.64. The minimum Gasteiger partial charge on any atom is -0.392 e. The van der Waals surface area contributed by atoms with E-state index in [1.54, 1.807) is 6.92 Å². The Hall–Kier alpha value is -1.46. The highest BCUT2D eigenvalue weighted by Crippen LogP contribution is 2.19. The number of hydrogen-bond donors (Lipinski definition) is 1. The fraction of sp³-hybridized carbons (Fsp3) is 0.231. The Morgan fingerprint density at radius 3 is 2.67 bits per heavy atom. The maximum Gasteiger partial charge on any atom is 0.271 e. The monoisotopic (exact) mass is 308 g/mol. The van der Waals surface area contributed by atoms with Gasteiger partial charge in [0.15, 0.2) is 0 Å². The predicted octanol–water partition coefficient (Wildman–Crippen LogP) is 2.10. The minimum atomic E-state index is -0.250. The second kappa shape index (κ2) is 5.04. The maximum absolute atomic E-state index is 11.9. The van der Waals surface area contributed by atoms with Gasteiger partial charge >= 0.3 is 0 Å². The Bertz CT molecular complexity index is 650. The van der Waals surface area contributed by atoms with Gasteiger partial charge in [-0.25, -0.2) is 0 Å². The molecule has 0 unspecified atom stereocenters. The van der Waals surface area contributed by atoms with Crippen LogP contribution in [0.2, 0.25) is 0 Å². The summed E-state index contributed by atoms with van der Waals surface area (Å²) in [6.07, 6.45) is 0. The lowest BCUT2D eigenvalue weighted by Crippen LogP contribution is -2.22. The normalized spacial score (nSPS) is 10.7. The van der Waals surface area contributed by atoms with E-state index in [0.29, 0.717) is 16.9 Å². The van der Waals surface area contributed by atoms with Crippen LogP contribution >= 0.6 is 15.9 Å². The number of halogens is 1. The van der Waals surface area contributed by atoms with Crippen molar-refractivity contribution in [3.63, 3.8) is 0 Å². The highest BCUT2D eigenvalue weighted by molar-refractivity contribution is 9.10. The highest BCUT2D eigenvalue weighted by atomic mass is 79.9. The molecule has 0 aliphatic carbocycles. The number of aromatic nitrogens is 2. The average Bonchev–Trinajstić information content (AvgIpc) is 2.35. The summed E-state index contributed by atoms with van der Waals surface area (Å²) in [5, 5.41) is 13.3. The van der Waals surface area contributed by atoms with Crippen LogP contribution in [0.1, 0.15) is 16.8 Å². The van der Waals surface area contributed by atoms with Gasteiger partial charge in [0.2, 0.25) is 0 Å². The molecule has 0 amide bonds. The first-order valence-corrected chi connectivity index (χ1v) is 6.29. The van der Waals surface area contributed by atoms with Crippen LogP contribution < -0.4 is 5.56 Å². The summed E-state index contributed by atoms with van der Waals surface area (Å²) in [7, 11) is 0. The van der Waals surface area contributed by atoms with Crippen LogP contribution in [0.3, 0.4) is 0 Å². The van der Waals surface area contributed by atoms with Gasteiger partial charge < -0.3 is 5.11 Å².